The van der Waals surface area contributed by atoms with Crippen LogP contribution in [0.15, 0.2) is 48.5 Å². The summed E-state index contributed by atoms with van der Waals surface area (Å²) in [5, 5.41) is 1.34. The van der Waals surface area contributed by atoms with Gasteiger partial charge in [-0.05, 0) is 23.6 Å². The van der Waals surface area contributed by atoms with E-state index in [0.29, 0.717) is 6.61 Å². The van der Waals surface area contributed by atoms with Crippen LogP contribution in [0.2, 0.25) is 0 Å². The quantitative estimate of drug-likeness (QED) is 0.562. The predicted octanol–water partition coefficient (Wildman–Crippen LogP) is 4.46. The molecule has 1 aliphatic rings. The summed E-state index contributed by atoms with van der Waals surface area (Å²) in [5.41, 5.74) is 2.57. The summed E-state index contributed by atoms with van der Waals surface area (Å²) in [5.74, 6) is 1.01. The number of thiophene rings is 1. The lowest BCUT2D eigenvalue weighted by molar-refractivity contribution is 0.304. The lowest BCUT2D eigenvalue weighted by Crippen LogP contribution is -2.02. The molecule has 4 rings (SSSR count). The smallest absolute Gasteiger partial charge is 0.128 e. The van der Waals surface area contributed by atoms with Crippen molar-refractivity contribution in [2.24, 2.45) is 0 Å². The standard InChI is InChI=1S/C15H10OS/c1-3-7-13-11(6-1)15-12(9-16-13)10-5-2-4-8-14(10)17-15/h1-8H,9H2. The van der Waals surface area contributed by atoms with Crippen LogP contribution < -0.4 is 4.74 Å². The second kappa shape index (κ2) is 3.34. The number of benzene rings is 2. The molecule has 0 atom stereocenters. The van der Waals surface area contributed by atoms with E-state index in [1.807, 2.05) is 23.5 Å². The number of para-hydroxylation sites is 1. The molecule has 17 heavy (non-hydrogen) atoms. The third-order valence-corrected chi connectivity index (χ3v) is 4.45. The molecule has 1 aliphatic heterocycles. The molecular formula is C15H10OS. The van der Waals surface area contributed by atoms with Crippen LogP contribution in [0.1, 0.15) is 5.56 Å². The summed E-state index contributed by atoms with van der Waals surface area (Å²) < 4.78 is 7.17. The Balaban J connectivity index is 2.10. The van der Waals surface area contributed by atoms with E-state index in [1.54, 1.807) is 0 Å². The molecule has 2 heteroatoms. The fourth-order valence-electron chi connectivity index (χ4n) is 2.39. The number of fused-ring (bicyclic) bond motifs is 5. The van der Waals surface area contributed by atoms with Crippen molar-refractivity contribution in [3.05, 3.63) is 54.1 Å². The number of rotatable bonds is 0. The van der Waals surface area contributed by atoms with E-state index in [0.717, 1.165) is 5.75 Å². The third kappa shape index (κ3) is 1.25. The van der Waals surface area contributed by atoms with Crippen LogP contribution in [0.4, 0.5) is 0 Å². The molecule has 0 amide bonds. The first-order chi connectivity index (χ1) is 8.43. The summed E-state index contributed by atoms with van der Waals surface area (Å²) in [6, 6.07) is 16.8. The Labute approximate surface area is 103 Å². The van der Waals surface area contributed by atoms with Crippen LogP contribution >= 0.6 is 11.3 Å². The predicted molar refractivity (Wildman–Crippen MR) is 71.6 cm³/mol. The van der Waals surface area contributed by atoms with Crippen molar-refractivity contribution in [1.82, 2.24) is 0 Å². The van der Waals surface area contributed by atoms with Crippen molar-refractivity contribution >= 4 is 21.4 Å². The Morgan fingerprint density at radius 2 is 1.76 bits per heavy atom. The van der Waals surface area contributed by atoms with E-state index < -0.39 is 0 Å². The van der Waals surface area contributed by atoms with Crippen LogP contribution in [0.25, 0.3) is 20.5 Å². The minimum absolute atomic E-state index is 0.691. The zero-order chi connectivity index (χ0) is 11.2. The van der Waals surface area contributed by atoms with Crippen molar-refractivity contribution in [1.29, 1.82) is 0 Å². The van der Waals surface area contributed by atoms with E-state index in [1.165, 1.54) is 26.1 Å². The monoisotopic (exact) mass is 238 g/mol. The van der Waals surface area contributed by atoms with Crippen LogP contribution in [0.3, 0.4) is 0 Å². The number of ether oxygens (including phenoxy) is 1. The average Bonchev–Trinajstić information content (AvgIpc) is 2.78. The van der Waals surface area contributed by atoms with Gasteiger partial charge in [0.25, 0.3) is 0 Å². The molecule has 0 aliphatic carbocycles. The lowest BCUT2D eigenvalue weighted by Gasteiger charge is -2.17. The van der Waals surface area contributed by atoms with Crippen molar-refractivity contribution in [3.63, 3.8) is 0 Å². The Morgan fingerprint density at radius 1 is 0.941 bits per heavy atom. The molecule has 0 spiro atoms. The van der Waals surface area contributed by atoms with Crippen LogP contribution in [-0.4, -0.2) is 0 Å². The van der Waals surface area contributed by atoms with Gasteiger partial charge in [-0.3, -0.25) is 0 Å². The van der Waals surface area contributed by atoms with Crippen LogP contribution in [-0.2, 0) is 6.61 Å². The SMILES string of the molecule is c1ccc2c(c1)OCc1c-2sc2ccccc12. The average molecular weight is 238 g/mol. The molecule has 0 saturated heterocycles. The molecule has 2 heterocycles. The first-order valence-electron chi connectivity index (χ1n) is 5.66. The molecule has 2 aromatic carbocycles. The first-order valence-corrected chi connectivity index (χ1v) is 6.48. The van der Waals surface area contributed by atoms with E-state index in [4.69, 9.17) is 4.74 Å². The molecule has 0 radical (unpaired) electrons. The molecule has 0 unspecified atom stereocenters. The molecule has 3 aromatic rings. The van der Waals surface area contributed by atoms with Crippen LogP contribution in [0, 0.1) is 0 Å². The van der Waals surface area contributed by atoms with Gasteiger partial charge in [0, 0.05) is 20.7 Å². The summed E-state index contributed by atoms with van der Waals surface area (Å²) in [4.78, 5) is 1.37. The summed E-state index contributed by atoms with van der Waals surface area (Å²) in [6.45, 7) is 0.691. The minimum atomic E-state index is 0.691. The van der Waals surface area contributed by atoms with Crippen molar-refractivity contribution in [2.45, 2.75) is 6.61 Å². The Bertz CT molecular complexity index is 712. The van der Waals surface area contributed by atoms with E-state index >= 15 is 0 Å². The minimum Gasteiger partial charge on any atom is -0.488 e. The van der Waals surface area contributed by atoms with Gasteiger partial charge >= 0.3 is 0 Å². The summed E-state index contributed by atoms with van der Waals surface area (Å²) in [7, 11) is 0. The first kappa shape index (κ1) is 9.25. The van der Waals surface area contributed by atoms with Gasteiger partial charge in [-0.15, -0.1) is 11.3 Å². The maximum atomic E-state index is 5.82. The molecule has 0 fully saturated rings. The lowest BCUT2D eigenvalue weighted by atomic mass is 10.0. The zero-order valence-corrected chi connectivity index (χ0v) is 9.96. The fourth-order valence-corrected chi connectivity index (χ4v) is 3.63. The van der Waals surface area contributed by atoms with Crippen molar-refractivity contribution in [3.8, 4) is 16.2 Å². The highest BCUT2D eigenvalue weighted by Gasteiger charge is 2.21. The molecule has 82 valence electrons. The molecule has 1 aromatic heterocycles. The van der Waals surface area contributed by atoms with Gasteiger partial charge in [0.05, 0.1) is 0 Å². The second-order valence-corrected chi connectivity index (χ2v) is 5.24. The van der Waals surface area contributed by atoms with Crippen molar-refractivity contribution < 1.29 is 4.74 Å². The maximum Gasteiger partial charge on any atom is 0.128 e. The number of hydrogen-bond acceptors (Lipinski definition) is 2. The molecule has 0 N–H and O–H groups in total. The Kier molecular flexibility index (Phi) is 1.82. The fraction of sp³-hybridized carbons (Fsp3) is 0.0667. The highest BCUT2D eigenvalue weighted by molar-refractivity contribution is 7.22. The van der Waals surface area contributed by atoms with Crippen molar-refractivity contribution in [2.75, 3.05) is 0 Å². The Morgan fingerprint density at radius 3 is 2.76 bits per heavy atom. The van der Waals surface area contributed by atoms with Gasteiger partial charge in [-0.1, -0.05) is 30.3 Å². The van der Waals surface area contributed by atoms with Gasteiger partial charge in [-0.25, -0.2) is 0 Å². The largest absolute Gasteiger partial charge is 0.488 e. The highest BCUT2D eigenvalue weighted by atomic mass is 32.1. The van der Waals surface area contributed by atoms with E-state index in [9.17, 15) is 0 Å². The normalized spacial score (nSPS) is 12.9. The van der Waals surface area contributed by atoms with Gasteiger partial charge in [0.2, 0.25) is 0 Å². The summed E-state index contributed by atoms with van der Waals surface area (Å²) >= 11 is 1.86. The number of hydrogen-bond donors (Lipinski definition) is 0. The van der Waals surface area contributed by atoms with Crippen LogP contribution in [0.5, 0.6) is 5.75 Å². The van der Waals surface area contributed by atoms with Gasteiger partial charge in [0.1, 0.15) is 12.4 Å². The highest BCUT2D eigenvalue weighted by Crippen LogP contribution is 2.45. The molecular weight excluding hydrogens is 228 g/mol. The third-order valence-electron chi connectivity index (χ3n) is 3.20. The zero-order valence-electron chi connectivity index (χ0n) is 9.14. The second-order valence-electron chi connectivity index (χ2n) is 4.19. The molecule has 1 nitrogen and oxygen atoms in total. The molecule has 0 saturated carbocycles. The van der Waals surface area contributed by atoms with E-state index in [-0.39, 0.29) is 0 Å². The maximum absolute atomic E-state index is 5.82. The summed E-state index contributed by atoms with van der Waals surface area (Å²) in [6.07, 6.45) is 0. The van der Waals surface area contributed by atoms with Gasteiger partial charge in [0.15, 0.2) is 0 Å². The Hall–Kier alpha value is -1.80. The van der Waals surface area contributed by atoms with E-state index in [2.05, 4.69) is 36.4 Å². The van der Waals surface area contributed by atoms with Gasteiger partial charge in [-0.2, -0.15) is 0 Å². The molecule has 0 bridgehead atoms. The topological polar surface area (TPSA) is 9.23 Å². The van der Waals surface area contributed by atoms with Gasteiger partial charge < -0.3 is 4.74 Å².